The van der Waals surface area contributed by atoms with Crippen LogP contribution < -0.4 is 0 Å². The SMILES string of the molecule is C=C/C=C(\C=C)c1ccc(-c2nc(Cl)nc(-c3ccc4c(c3)oc3ccccc34)n2)cc1.CC.CC. The number of para-hydroxylation sites is 1. The molecule has 0 bridgehead atoms. The summed E-state index contributed by atoms with van der Waals surface area (Å²) in [6.45, 7) is 15.6. The van der Waals surface area contributed by atoms with Crippen LogP contribution in [-0.2, 0) is 0 Å². The summed E-state index contributed by atoms with van der Waals surface area (Å²) in [7, 11) is 0. The standard InChI is InChI=1S/C27H18ClN3O.2C2H6/c1-3-7-17(4-2)18-10-12-19(13-11-18)25-29-26(31-27(28)30-25)20-14-15-22-21-8-5-6-9-23(21)32-24(22)16-20;2*1-2/h3-16H,1-2H2;2*1-2H3/b17-7+;;. The van der Waals surface area contributed by atoms with Gasteiger partial charge in [0.25, 0.3) is 0 Å². The number of rotatable bonds is 5. The second-order valence-electron chi connectivity index (χ2n) is 7.20. The minimum absolute atomic E-state index is 0.136. The molecule has 0 unspecified atom stereocenters. The Morgan fingerprint density at radius 3 is 2.03 bits per heavy atom. The molecule has 3 aromatic carbocycles. The van der Waals surface area contributed by atoms with E-state index < -0.39 is 0 Å². The van der Waals surface area contributed by atoms with Crippen LogP contribution in [0.5, 0.6) is 0 Å². The lowest BCUT2D eigenvalue weighted by atomic mass is 10.0. The van der Waals surface area contributed by atoms with Gasteiger partial charge in [0.15, 0.2) is 11.6 Å². The first-order chi connectivity index (χ1) is 17.7. The first-order valence-corrected chi connectivity index (χ1v) is 12.4. The van der Waals surface area contributed by atoms with Gasteiger partial charge in [0.2, 0.25) is 5.28 Å². The molecule has 5 aromatic rings. The number of allylic oxidation sites excluding steroid dienone is 4. The molecule has 2 aromatic heterocycles. The van der Waals surface area contributed by atoms with Crippen LogP contribution in [-0.4, -0.2) is 15.0 Å². The highest BCUT2D eigenvalue weighted by atomic mass is 35.5. The molecule has 0 amide bonds. The van der Waals surface area contributed by atoms with Crippen LogP contribution in [0.2, 0.25) is 5.28 Å². The zero-order valence-corrected chi connectivity index (χ0v) is 21.9. The van der Waals surface area contributed by atoms with Gasteiger partial charge >= 0.3 is 0 Å². The van der Waals surface area contributed by atoms with E-state index in [1.165, 1.54) is 0 Å². The molecule has 36 heavy (non-hydrogen) atoms. The molecule has 4 nitrogen and oxygen atoms in total. The summed E-state index contributed by atoms with van der Waals surface area (Å²) < 4.78 is 6.00. The zero-order chi connectivity index (χ0) is 26.1. The summed E-state index contributed by atoms with van der Waals surface area (Å²) in [6.07, 6.45) is 5.44. The molecular weight excluding hydrogens is 466 g/mol. The van der Waals surface area contributed by atoms with E-state index in [-0.39, 0.29) is 5.28 Å². The lowest BCUT2D eigenvalue weighted by Gasteiger charge is -2.07. The number of hydrogen-bond acceptors (Lipinski definition) is 4. The highest BCUT2D eigenvalue weighted by Gasteiger charge is 2.13. The van der Waals surface area contributed by atoms with E-state index >= 15 is 0 Å². The van der Waals surface area contributed by atoms with E-state index in [0.29, 0.717) is 11.6 Å². The van der Waals surface area contributed by atoms with E-state index in [0.717, 1.165) is 44.2 Å². The van der Waals surface area contributed by atoms with Crippen molar-refractivity contribution in [2.75, 3.05) is 0 Å². The topological polar surface area (TPSA) is 51.8 Å². The first-order valence-electron chi connectivity index (χ1n) is 12.1. The second kappa shape index (κ2) is 12.6. The van der Waals surface area contributed by atoms with Crippen molar-refractivity contribution in [3.63, 3.8) is 0 Å². The normalized spacial score (nSPS) is 10.8. The number of fused-ring (bicyclic) bond motifs is 3. The van der Waals surface area contributed by atoms with Crippen molar-refractivity contribution in [1.82, 2.24) is 15.0 Å². The fourth-order valence-electron chi connectivity index (χ4n) is 3.69. The maximum atomic E-state index is 6.26. The van der Waals surface area contributed by atoms with Crippen molar-refractivity contribution in [2.24, 2.45) is 0 Å². The fourth-order valence-corrected chi connectivity index (χ4v) is 3.85. The van der Waals surface area contributed by atoms with Crippen LogP contribution in [0.4, 0.5) is 0 Å². The number of aromatic nitrogens is 3. The molecule has 5 heteroatoms. The molecular formula is C31H30ClN3O. The Hall–Kier alpha value is -4.02. The van der Waals surface area contributed by atoms with Crippen molar-refractivity contribution >= 4 is 39.1 Å². The Morgan fingerprint density at radius 2 is 1.36 bits per heavy atom. The largest absolute Gasteiger partial charge is 0.456 e. The van der Waals surface area contributed by atoms with Crippen molar-refractivity contribution in [3.05, 3.63) is 109 Å². The lowest BCUT2D eigenvalue weighted by molar-refractivity contribution is 0.669. The van der Waals surface area contributed by atoms with E-state index in [9.17, 15) is 0 Å². The number of halogens is 1. The third-order valence-corrected chi connectivity index (χ3v) is 5.41. The molecule has 0 N–H and O–H groups in total. The van der Waals surface area contributed by atoms with Gasteiger partial charge in [0.05, 0.1) is 0 Å². The molecule has 0 radical (unpaired) electrons. The number of furan rings is 1. The molecule has 0 atom stereocenters. The van der Waals surface area contributed by atoms with Crippen LogP contribution in [0.1, 0.15) is 33.3 Å². The van der Waals surface area contributed by atoms with Crippen LogP contribution in [0, 0.1) is 0 Å². The van der Waals surface area contributed by atoms with Gasteiger partial charge in [-0.25, -0.2) is 4.98 Å². The second-order valence-corrected chi connectivity index (χ2v) is 7.54. The van der Waals surface area contributed by atoms with Crippen molar-refractivity contribution in [1.29, 1.82) is 0 Å². The highest BCUT2D eigenvalue weighted by molar-refractivity contribution is 6.28. The summed E-state index contributed by atoms with van der Waals surface area (Å²) in [4.78, 5) is 13.3. The molecule has 0 saturated carbocycles. The molecule has 182 valence electrons. The summed E-state index contributed by atoms with van der Waals surface area (Å²) >= 11 is 6.26. The van der Waals surface area contributed by atoms with E-state index in [1.54, 1.807) is 12.2 Å². The average Bonchev–Trinajstić information content (AvgIpc) is 3.31. The summed E-state index contributed by atoms with van der Waals surface area (Å²) in [5.74, 6) is 0.994. The monoisotopic (exact) mass is 495 g/mol. The van der Waals surface area contributed by atoms with Crippen LogP contribution in [0.15, 0.2) is 103 Å². The van der Waals surface area contributed by atoms with Gasteiger partial charge < -0.3 is 4.42 Å². The lowest BCUT2D eigenvalue weighted by Crippen LogP contribution is -1.97. The van der Waals surface area contributed by atoms with E-state index in [4.69, 9.17) is 16.0 Å². The van der Waals surface area contributed by atoms with Crippen molar-refractivity contribution in [3.8, 4) is 22.8 Å². The van der Waals surface area contributed by atoms with Gasteiger partial charge in [-0.3, -0.25) is 0 Å². The average molecular weight is 496 g/mol. The predicted octanol–water partition coefficient (Wildman–Crippen LogP) is 9.57. The molecule has 0 aliphatic rings. The minimum atomic E-state index is 0.136. The number of hydrogen-bond donors (Lipinski definition) is 0. The van der Waals surface area contributed by atoms with Gasteiger partial charge in [-0.2, -0.15) is 9.97 Å². The maximum absolute atomic E-state index is 6.26. The molecule has 0 aliphatic heterocycles. The van der Waals surface area contributed by atoms with Crippen molar-refractivity contribution < 1.29 is 4.42 Å². The maximum Gasteiger partial charge on any atom is 0.226 e. The Bertz CT molecular complexity index is 1510. The van der Waals surface area contributed by atoms with Gasteiger partial charge in [-0.1, -0.05) is 108 Å². The molecule has 0 aliphatic carbocycles. The zero-order valence-electron chi connectivity index (χ0n) is 21.1. The minimum Gasteiger partial charge on any atom is -0.456 e. The third kappa shape index (κ3) is 5.61. The van der Waals surface area contributed by atoms with Crippen LogP contribution in [0.25, 0.3) is 50.3 Å². The van der Waals surface area contributed by atoms with Crippen molar-refractivity contribution in [2.45, 2.75) is 27.7 Å². The van der Waals surface area contributed by atoms with Crippen LogP contribution >= 0.6 is 11.6 Å². The molecule has 0 spiro atoms. The quantitative estimate of drug-likeness (QED) is 0.228. The number of benzene rings is 3. The van der Waals surface area contributed by atoms with Gasteiger partial charge in [0.1, 0.15) is 11.2 Å². The fraction of sp³-hybridized carbons (Fsp3) is 0.129. The summed E-state index contributed by atoms with van der Waals surface area (Å²) in [5.41, 5.74) is 5.28. The van der Waals surface area contributed by atoms with Gasteiger partial charge in [-0.15, -0.1) is 0 Å². The van der Waals surface area contributed by atoms with E-state index in [1.807, 2.05) is 101 Å². The molecule has 0 fully saturated rings. The third-order valence-electron chi connectivity index (χ3n) is 5.24. The predicted molar refractivity (Wildman–Crippen MR) is 154 cm³/mol. The Morgan fingerprint density at radius 1 is 0.750 bits per heavy atom. The molecule has 2 heterocycles. The van der Waals surface area contributed by atoms with E-state index in [2.05, 4.69) is 28.1 Å². The van der Waals surface area contributed by atoms with Gasteiger partial charge in [0, 0.05) is 21.9 Å². The van der Waals surface area contributed by atoms with Gasteiger partial charge in [-0.05, 0) is 40.9 Å². The summed E-state index contributed by atoms with van der Waals surface area (Å²) in [6, 6.07) is 21.8. The molecule has 5 rings (SSSR count). The Labute approximate surface area is 217 Å². The Kier molecular flexibility index (Phi) is 9.32. The van der Waals surface area contributed by atoms with Crippen LogP contribution in [0.3, 0.4) is 0 Å². The highest BCUT2D eigenvalue weighted by Crippen LogP contribution is 2.32. The number of nitrogens with zero attached hydrogens (tertiary/aromatic N) is 3. The molecule has 0 saturated heterocycles. The smallest absolute Gasteiger partial charge is 0.226 e. The Balaban J connectivity index is 0.000000861. The summed E-state index contributed by atoms with van der Waals surface area (Å²) in [5, 5.41) is 2.26. The first kappa shape index (κ1) is 26.6.